The van der Waals surface area contributed by atoms with Crippen LogP contribution in [0, 0.1) is 0 Å². The Hall–Kier alpha value is -1.59. The van der Waals surface area contributed by atoms with Crippen LogP contribution in [0.3, 0.4) is 0 Å². The van der Waals surface area contributed by atoms with Crippen molar-refractivity contribution < 1.29 is 9.90 Å². The number of para-hydroxylation sites is 1. The summed E-state index contributed by atoms with van der Waals surface area (Å²) < 4.78 is 0. The predicted molar refractivity (Wildman–Crippen MR) is 53.7 cm³/mol. The normalized spacial score (nSPS) is 9.50. The topological polar surface area (TPSA) is 73.4 Å². The van der Waals surface area contributed by atoms with E-state index in [-0.39, 0.29) is 12.6 Å². The van der Waals surface area contributed by atoms with Crippen molar-refractivity contribution in [2.45, 2.75) is 0 Å². The lowest BCUT2D eigenvalue weighted by molar-refractivity contribution is 0.243. The summed E-state index contributed by atoms with van der Waals surface area (Å²) in [5.74, 6) is 0. The van der Waals surface area contributed by atoms with Gasteiger partial charge in [0.2, 0.25) is 0 Å². The Bertz CT molecular complexity index is 277. The molecule has 0 bridgehead atoms. The average molecular weight is 195 g/mol. The number of nitrogens with one attached hydrogen (secondary N) is 3. The molecule has 76 valence electrons. The Morgan fingerprint density at radius 1 is 1.29 bits per heavy atom. The van der Waals surface area contributed by atoms with Crippen molar-refractivity contribution in [3.05, 3.63) is 30.3 Å². The third kappa shape index (κ3) is 3.88. The molecule has 0 aliphatic heterocycles. The number of carbonyl (C=O) groups is 1. The Morgan fingerprint density at radius 2 is 2.00 bits per heavy atom. The number of carbonyl (C=O) groups excluding carboxylic acids is 1. The molecule has 0 saturated heterocycles. The van der Waals surface area contributed by atoms with Crippen LogP contribution in [-0.4, -0.2) is 24.3 Å². The fourth-order valence-corrected chi connectivity index (χ4v) is 0.883. The quantitative estimate of drug-likeness (QED) is 0.412. The molecular weight excluding hydrogens is 182 g/mol. The number of aliphatic hydroxyl groups excluding tert-OH is 1. The second-order valence-electron chi connectivity index (χ2n) is 2.60. The van der Waals surface area contributed by atoms with Crippen molar-refractivity contribution in [2.75, 3.05) is 18.5 Å². The van der Waals surface area contributed by atoms with Crippen LogP contribution in [0.15, 0.2) is 30.3 Å². The molecule has 1 rings (SSSR count). The molecule has 0 aliphatic carbocycles. The Labute approximate surface area is 82.1 Å². The van der Waals surface area contributed by atoms with E-state index >= 15 is 0 Å². The molecule has 0 atom stereocenters. The highest BCUT2D eigenvalue weighted by atomic mass is 16.3. The highest BCUT2D eigenvalue weighted by molar-refractivity contribution is 5.88. The molecule has 2 amide bonds. The number of hydrazine groups is 1. The summed E-state index contributed by atoms with van der Waals surface area (Å²) in [5, 5.41) is 11.0. The van der Waals surface area contributed by atoms with Crippen molar-refractivity contribution in [3.63, 3.8) is 0 Å². The number of rotatable bonds is 4. The third-order valence-electron chi connectivity index (χ3n) is 1.47. The largest absolute Gasteiger partial charge is 0.395 e. The van der Waals surface area contributed by atoms with Gasteiger partial charge < -0.3 is 10.4 Å². The number of aliphatic hydroxyl groups is 1. The Balaban J connectivity index is 2.27. The van der Waals surface area contributed by atoms with Gasteiger partial charge in [0, 0.05) is 12.2 Å². The van der Waals surface area contributed by atoms with E-state index in [1.807, 2.05) is 18.2 Å². The van der Waals surface area contributed by atoms with Gasteiger partial charge in [-0.3, -0.25) is 5.43 Å². The van der Waals surface area contributed by atoms with Gasteiger partial charge in [0.05, 0.1) is 6.61 Å². The van der Waals surface area contributed by atoms with E-state index in [1.165, 1.54) is 0 Å². The molecule has 0 saturated carbocycles. The maximum absolute atomic E-state index is 11.1. The molecule has 5 heteroatoms. The van der Waals surface area contributed by atoms with Crippen molar-refractivity contribution in [2.24, 2.45) is 0 Å². The standard InChI is InChI=1S/C9H13N3O2/c13-7-6-10-12-9(14)11-8-4-2-1-3-5-8/h1-5,10,13H,6-7H2,(H2,11,12,14). The highest BCUT2D eigenvalue weighted by Gasteiger charge is 1.98. The molecule has 1 aromatic carbocycles. The minimum absolute atomic E-state index is 0.0222. The maximum Gasteiger partial charge on any atom is 0.333 e. The van der Waals surface area contributed by atoms with Gasteiger partial charge in [-0.15, -0.1) is 0 Å². The van der Waals surface area contributed by atoms with Crippen LogP contribution in [0.2, 0.25) is 0 Å². The first kappa shape index (κ1) is 10.5. The fourth-order valence-electron chi connectivity index (χ4n) is 0.883. The van der Waals surface area contributed by atoms with Gasteiger partial charge in [-0.25, -0.2) is 10.2 Å². The summed E-state index contributed by atoms with van der Waals surface area (Å²) in [7, 11) is 0. The van der Waals surface area contributed by atoms with Crippen LogP contribution in [0.1, 0.15) is 0 Å². The van der Waals surface area contributed by atoms with Crippen LogP contribution in [0.25, 0.3) is 0 Å². The first-order chi connectivity index (χ1) is 6.83. The lowest BCUT2D eigenvalue weighted by Crippen LogP contribution is -2.41. The Kier molecular flexibility index (Phi) is 4.46. The van der Waals surface area contributed by atoms with Crippen LogP contribution in [-0.2, 0) is 0 Å². The summed E-state index contributed by atoms with van der Waals surface area (Å²) in [6.45, 7) is 0.299. The van der Waals surface area contributed by atoms with Gasteiger partial charge in [-0.05, 0) is 12.1 Å². The van der Waals surface area contributed by atoms with Crippen LogP contribution in [0.5, 0.6) is 0 Å². The number of benzene rings is 1. The second kappa shape index (κ2) is 5.95. The monoisotopic (exact) mass is 195 g/mol. The highest BCUT2D eigenvalue weighted by Crippen LogP contribution is 2.03. The molecule has 4 N–H and O–H groups in total. The van der Waals surface area contributed by atoms with Gasteiger partial charge >= 0.3 is 6.03 Å². The van der Waals surface area contributed by atoms with E-state index in [1.54, 1.807) is 12.1 Å². The lowest BCUT2D eigenvalue weighted by Gasteiger charge is -2.07. The average Bonchev–Trinajstić information content (AvgIpc) is 2.20. The lowest BCUT2D eigenvalue weighted by atomic mass is 10.3. The summed E-state index contributed by atoms with van der Waals surface area (Å²) in [6.07, 6.45) is 0. The number of amides is 2. The zero-order valence-electron chi connectivity index (χ0n) is 7.66. The van der Waals surface area contributed by atoms with E-state index in [9.17, 15) is 4.79 Å². The van der Waals surface area contributed by atoms with Crippen LogP contribution in [0.4, 0.5) is 10.5 Å². The predicted octanol–water partition coefficient (Wildman–Crippen LogP) is 0.305. The van der Waals surface area contributed by atoms with Crippen LogP contribution < -0.4 is 16.2 Å². The number of hydrogen-bond donors (Lipinski definition) is 4. The van der Waals surface area contributed by atoms with E-state index < -0.39 is 0 Å². The smallest absolute Gasteiger partial charge is 0.333 e. The van der Waals surface area contributed by atoms with Gasteiger partial charge in [0.25, 0.3) is 0 Å². The van der Waals surface area contributed by atoms with Crippen molar-refractivity contribution in [1.29, 1.82) is 0 Å². The molecule has 0 unspecified atom stereocenters. The van der Waals surface area contributed by atoms with Gasteiger partial charge in [0.1, 0.15) is 0 Å². The second-order valence-corrected chi connectivity index (χ2v) is 2.60. The van der Waals surface area contributed by atoms with E-state index in [0.717, 1.165) is 5.69 Å². The number of hydrogen-bond acceptors (Lipinski definition) is 3. The molecule has 0 spiro atoms. The van der Waals surface area contributed by atoms with Crippen molar-refractivity contribution in [1.82, 2.24) is 10.9 Å². The van der Waals surface area contributed by atoms with Gasteiger partial charge in [-0.2, -0.15) is 0 Å². The Morgan fingerprint density at radius 3 is 2.64 bits per heavy atom. The molecule has 0 fully saturated rings. The SMILES string of the molecule is O=C(NNCCO)Nc1ccccc1. The van der Waals surface area contributed by atoms with Gasteiger partial charge in [-0.1, -0.05) is 18.2 Å². The fraction of sp³-hybridized carbons (Fsp3) is 0.222. The molecule has 14 heavy (non-hydrogen) atoms. The van der Waals surface area contributed by atoms with Crippen molar-refractivity contribution >= 4 is 11.7 Å². The van der Waals surface area contributed by atoms with Crippen LogP contribution >= 0.6 is 0 Å². The first-order valence-electron chi connectivity index (χ1n) is 4.28. The number of anilines is 1. The summed E-state index contributed by atoms with van der Waals surface area (Å²) >= 11 is 0. The van der Waals surface area contributed by atoms with Gasteiger partial charge in [0.15, 0.2) is 0 Å². The first-order valence-corrected chi connectivity index (χ1v) is 4.28. The molecule has 0 radical (unpaired) electrons. The van der Waals surface area contributed by atoms with E-state index in [4.69, 9.17) is 5.11 Å². The third-order valence-corrected chi connectivity index (χ3v) is 1.47. The van der Waals surface area contributed by atoms with E-state index in [2.05, 4.69) is 16.2 Å². The zero-order valence-corrected chi connectivity index (χ0v) is 7.66. The molecule has 0 aromatic heterocycles. The summed E-state index contributed by atoms with van der Waals surface area (Å²) in [4.78, 5) is 11.1. The summed E-state index contributed by atoms with van der Waals surface area (Å²) in [6, 6.07) is 8.74. The van der Waals surface area contributed by atoms with E-state index in [0.29, 0.717) is 6.54 Å². The van der Waals surface area contributed by atoms with Crippen molar-refractivity contribution in [3.8, 4) is 0 Å². The maximum atomic E-state index is 11.1. The molecule has 1 aromatic rings. The molecule has 0 heterocycles. The minimum Gasteiger partial charge on any atom is -0.395 e. The molecule has 5 nitrogen and oxygen atoms in total. The number of urea groups is 1. The summed E-state index contributed by atoms with van der Waals surface area (Å²) in [5.41, 5.74) is 5.63. The molecule has 0 aliphatic rings. The minimum atomic E-state index is -0.357. The zero-order chi connectivity index (χ0) is 10.2. The molecular formula is C9H13N3O2.